The van der Waals surface area contributed by atoms with Gasteiger partial charge >= 0.3 is 0 Å². The summed E-state index contributed by atoms with van der Waals surface area (Å²) in [5.74, 6) is 2.34. The van der Waals surface area contributed by atoms with Gasteiger partial charge in [-0.15, -0.1) is 0 Å². The molecule has 2 saturated carbocycles. The molecule has 21 heavy (non-hydrogen) atoms. The number of hydrogen-bond donors (Lipinski definition) is 2. The Balaban J connectivity index is 1.75. The molecule has 0 saturated heterocycles. The van der Waals surface area contributed by atoms with E-state index in [1.54, 1.807) is 0 Å². The first-order valence-corrected chi connectivity index (χ1v) is 8.99. The van der Waals surface area contributed by atoms with E-state index in [0.717, 1.165) is 23.7 Å². The van der Waals surface area contributed by atoms with Gasteiger partial charge in [0.05, 0.1) is 6.10 Å². The zero-order chi connectivity index (χ0) is 14.8. The summed E-state index contributed by atoms with van der Waals surface area (Å²) >= 11 is 3.68. The number of aryl methyl sites for hydroxylation is 1. The average Bonchev–Trinajstić information content (AvgIpc) is 2.74. The number of rotatable bonds is 0. The van der Waals surface area contributed by atoms with E-state index in [0.29, 0.717) is 23.5 Å². The zero-order valence-corrected chi connectivity index (χ0v) is 14.1. The Morgan fingerprint density at radius 2 is 2.00 bits per heavy atom. The van der Waals surface area contributed by atoms with Crippen LogP contribution in [0.3, 0.4) is 0 Å². The number of aliphatic hydroxyl groups is 1. The van der Waals surface area contributed by atoms with Crippen LogP contribution < -0.4 is 0 Å². The fraction of sp³-hybridized carbons (Fsp3) is 0.667. The van der Waals surface area contributed by atoms with Gasteiger partial charge in [0.1, 0.15) is 5.75 Å². The molecule has 0 aliphatic heterocycles. The molecule has 1 aromatic rings. The fourth-order valence-corrected chi connectivity index (χ4v) is 6.41. The normalized spacial score (nSPS) is 41.3. The molecule has 3 aliphatic carbocycles. The molecule has 0 amide bonds. The molecule has 0 radical (unpaired) electrons. The number of aliphatic hydroxyl groups excluding tert-OH is 1. The molecular formula is C18H23BrO2. The van der Waals surface area contributed by atoms with Crippen LogP contribution >= 0.6 is 15.9 Å². The molecule has 0 spiro atoms. The lowest BCUT2D eigenvalue weighted by Gasteiger charge is -2.50. The van der Waals surface area contributed by atoms with Gasteiger partial charge in [0.15, 0.2) is 0 Å². The summed E-state index contributed by atoms with van der Waals surface area (Å²) in [5.41, 5.74) is 2.90. The van der Waals surface area contributed by atoms with Crippen LogP contribution in [0.4, 0.5) is 0 Å². The van der Waals surface area contributed by atoms with E-state index in [-0.39, 0.29) is 11.5 Å². The van der Waals surface area contributed by atoms with Crippen LogP contribution in [-0.4, -0.2) is 16.3 Å². The van der Waals surface area contributed by atoms with E-state index < -0.39 is 0 Å². The number of hydrogen-bond acceptors (Lipinski definition) is 2. The number of benzene rings is 1. The standard InChI is InChI=1S/C18H23BrO2/c1-18-7-6-13-12(14(18)4-5-16(18)21)3-2-10-8-11(20)9-15(19)17(10)13/h8-9,12-14,16,20-21H,2-7H2,1H3/t12-,13+,14+,16+,18+/m1/s1. The maximum atomic E-state index is 10.4. The fourth-order valence-electron chi connectivity index (χ4n) is 5.62. The first kappa shape index (κ1) is 14.1. The van der Waals surface area contributed by atoms with E-state index in [1.807, 2.05) is 12.1 Å². The lowest BCUT2D eigenvalue weighted by Crippen LogP contribution is -2.44. The Labute approximate surface area is 134 Å². The van der Waals surface area contributed by atoms with Crippen molar-refractivity contribution in [3.63, 3.8) is 0 Å². The minimum absolute atomic E-state index is 0.104. The zero-order valence-electron chi connectivity index (χ0n) is 12.5. The third kappa shape index (κ3) is 1.93. The number of phenolic OH excluding ortho intramolecular Hbond substituents is 1. The monoisotopic (exact) mass is 350 g/mol. The van der Waals surface area contributed by atoms with Crippen LogP contribution in [0.5, 0.6) is 5.75 Å². The van der Waals surface area contributed by atoms with Crippen molar-refractivity contribution in [2.45, 2.75) is 57.5 Å². The van der Waals surface area contributed by atoms with E-state index in [4.69, 9.17) is 0 Å². The lowest BCUT2D eigenvalue weighted by molar-refractivity contribution is -0.0227. The third-order valence-corrected chi connectivity index (χ3v) is 7.36. The van der Waals surface area contributed by atoms with Gasteiger partial charge in [0.25, 0.3) is 0 Å². The minimum Gasteiger partial charge on any atom is -0.508 e. The lowest BCUT2D eigenvalue weighted by atomic mass is 9.55. The Bertz CT molecular complexity index is 585. The summed E-state index contributed by atoms with van der Waals surface area (Å²) in [6, 6.07) is 3.80. The van der Waals surface area contributed by atoms with Crippen molar-refractivity contribution >= 4 is 15.9 Å². The highest BCUT2D eigenvalue weighted by Gasteiger charge is 2.54. The van der Waals surface area contributed by atoms with Gasteiger partial charge in [-0.3, -0.25) is 0 Å². The SMILES string of the molecule is C[C@]12CC[C@@H]3c4c(Br)cc(O)cc4CC[C@H]3[C@@H]1CC[C@@H]2O. The van der Waals surface area contributed by atoms with Crippen LogP contribution in [0.25, 0.3) is 0 Å². The summed E-state index contributed by atoms with van der Waals surface area (Å²) in [4.78, 5) is 0. The summed E-state index contributed by atoms with van der Waals surface area (Å²) < 4.78 is 1.08. The van der Waals surface area contributed by atoms with Gasteiger partial charge in [-0.1, -0.05) is 22.9 Å². The molecule has 3 heteroatoms. The van der Waals surface area contributed by atoms with Crippen molar-refractivity contribution in [2.24, 2.45) is 17.3 Å². The number of halogens is 1. The molecule has 2 nitrogen and oxygen atoms in total. The highest BCUT2D eigenvalue weighted by atomic mass is 79.9. The van der Waals surface area contributed by atoms with Gasteiger partial charge in [0, 0.05) is 4.47 Å². The number of fused-ring (bicyclic) bond motifs is 5. The first-order valence-electron chi connectivity index (χ1n) is 8.20. The summed E-state index contributed by atoms with van der Waals surface area (Å²) in [6.07, 6.45) is 6.63. The second-order valence-electron chi connectivity index (χ2n) is 7.55. The van der Waals surface area contributed by atoms with Crippen molar-refractivity contribution in [1.82, 2.24) is 0 Å². The summed E-state index contributed by atoms with van der Waals surface area (Å²) in [7, 11) is 0. The Morgan fingerprint density at radius 3 is 2.81 bits per heavy atom. The van der Waals surface area contributed by atoms with Crippen molar-refractivity contribution in [3.8, 4) is 5.75 Å². The molecule has 0 aromatic heterocycles. The van der Waals surface area contributed by atoms with Crippen LogP contribution in [0.1, 0.15) is 56.1 Å². The predicted octanol–water partition coefficient (Wildman–Crippen LogP) is 4.37. The second-order valence-corrected chi connectivity index (χ2v) is 8.41. The highest BCUT2D eigenvalue weighted by Crippen LogP contribution is 2.61. The highest BCUT2D eigenvalue weighted by molar-refractivity contribution is 9.10. The van der Waals surface area contributed by atoms with Gasteiger partial charge in [-0.25, -0.2) is 0 Å². The quantitative estimate of drug-likeness (QED) is 0.729. The van der Waals surface area contributed by atoms with Gasteiger partial charge < -0.3 is 10.2 Å². The number of aromatic hydroxyl groups is 1. The minimum atomic E-state index is -0.104. The molecule has 114 valence electrons. The Morgan fingerprint density at radius 1 is 1.19 bits per heavy atom. The molecule has 0 bridgehead atoms. The van der Waals surface area contributed by atoms with E-state index in [2.05, 4.69) is 22.9 Å². The van der Waals surface area contributed by atoms with E-state index in [9.17, 15) is 10.2 Å². The van der Waals surface area contributed by atoms with Crippen LogP contribution in [-0.2, 0) is 6.42 Å². The van der Waals surface area contributed by atoms with Gasteiger partial charge in [-0.2, -0.15) is 0 Å². The predicted molar refractivity (Wildman–Crippen MR) is 86.4 cm³/mol. The van der Waals surface area contributed by atoms with Gasteiger partial charge in [-0.05, 0) is 85.0 Å². The molecule has 1 aromatic carbocycles. The van der Waals surface area contributed by atoms with Crippen molar-refractivity contribution < 1.29 is 10.2 Å². The molecule has 0 unspecified atom stereocenters. The topological polar surface area (TPSA) is 40.5 Å². The third-order valence-electron chi connectivity index (χ3n) is 6.70. The summed E-state index contributed by atoms with van der Waals surface area (Å²) in [5, 5.41) is 20.2. The van der Waals surface area contributed by atoms with Gasteiger partial charge in [0.2, 0.25) is 0 Å². The van der Waals surface area contributed by atoms with Crippen LogP contribution in [0.15, 0.2) is 16.6 Å². The van der Waals surface area contributed by atoms with Crippen LogP contribution in [0, 0.1) is 17.3 Å². The molecule has 3 aliphatic rings. The van der Waals surface area contributed by atoms with Crippen molar-refractivity contribution in [3.05, 3.63) is 27.7 Å². The van der Waals surface area contributed by atoms with Crippen molar-refractivity contribution in [2.75, 3.05) is 0 Å². The first-order chi connectivity index (χ1) is 10.0. The maximum Gasteiger partial charge on any atom is 0.116 e. The van der Waals surface area contributed by atoms with Crippen molar-refractivity contribution in [1.29, 1.82) is 0 Å². The Hall–Kier alpha value is -0.540. The largest absolute Gasteiger partial charge is 0.508 e. The van der Waals surface area contributed by atoms with Crippen LogP contribution in [0.2, 0.25) is 0 Å². The molecule has 2 fully saturated rings. The number of phenols is 1. The average molecular weight is 351 g/mol. The molecule has 4 rings (SSSR count). The molecule has 2 N–H and O–H groups in total. The van der Waals surface area contributed by atoms with E-state index in [1.165, 1.54) is 30.4 Å². The molecular weight excluding hydrogens is 328 g/mol. The van der Waals surface area contributed by atoms with E-state index >= 15 is 0 Å². The molecule has 0 heterocycles. The Kier molecular flexibility index (Phi) is 3.17. The second kappa shape index (κ2) is 4.73. The maximum absolute atomic E-state index is 10.4. The molecule has 5 atom stereocenters. The smallest absolute Gasteiger partial charge is 0.116 e. The summed E-state index contributed by atoms with van der Waals surface area (Å²) in [6.45, 7) is 2.31.